The molecule has 0 aliphatic heterocycles. The molecular weight excluding hydrogens is 306 g/mol. The van der Waals surface area contributed by atoms with Crippen molar-refractivity contribution >= 4 is 5.57 Å². The maximum atomic E-state index is 9.85. The molecule has 1 unspecified atom stereocenters. The van der Waals surface area contributed by atoms with Gasteiger partial charge in [-0.15, -0.1) is 0 Å². The first-order valence-corrected chi connectivity index (χ1v) is 8.82. The van der Waals surface area contributed by atoms with Crippen LogP contribution in [0.5, 0.6) is 0 Å². The van der Waals surface area contributed by atoms with Gasteiger partial charge in [-0.05, 0) is 67.9 Å². The second kappa shape index (κ2) is 6.61. The van der Waals surface area contributed by atoms with E-state index >= 15 is 0 Å². The average Bonchev–Trinajstić information content (AvgIpc) is 2.80. The summed E-state index contributed by atoms with van der Waals surface area (Å²) in [5.41, 5.74) is 14.3. The van der Waals surface area contributed by atoms with Gasteiger partial charge in [-0.1, -0.05) is 30.2 Å². The van der Waals surface area contributed by atoms with Gasteiger partial charge in [0.05, 0.1) is 16.8 Å². The highest BCUT2D eigenvalue weighted by Gasteiger charge is 2.34. The lowest BCUT2D eigenvalue weighted by atomic mass is 9.72. The van der Waals surface area contributed by atoms with Crippen molar-refractivity contribution in [2.75, 3.05) is 0 Å². The summed E-state index contributed by atoms with van der Waals surface area (Å²) >= 11 is 0. The molecule has 3 rings (SSSR count). The molecule has 1 aromatic carbocycles. The molecule has 0 bridgehead atoms. The maximum Gasteiger partial charge on any atom is 0.102 e. The lowest BCUT2D eigenvalue weighted by molar-refractivity contribution is 0.638. The minimum absolute atomic E-state index is 0.0826. The molecule has 25 heavy (non-hydrogen) atoms. The van der Waals surface area contributed by atoms with E-state index in [1.165, 1.54) is 5.56 Å². The fraction of sp³-hybridized carbons (Fsp3) is 0.364. The van der Waals surface area contributed by atoms with Crippen LogP contribution in [0.25, 0.3) is 5.57 Å². The van der Waals surface area contributed by atoms with Gasteiger partial charge in [0.2, 0.25) is 0 Å². The fourth-order valence-electron chi connectivity index (χ4n) is 4.37. The zero-order chi connectivity index (χ0) is 18.1. The first-order valence-electron chi connectivity index (χ1n) is 8.82. The number of fused-ring (bicyclic) bond motifs is 1. The van der Waals surface area contributed by atoms with Gasteiger partial charge >= 0.3 is 0 Å². The molecule has 2 aliphatic carbocycles. The van der Waals surface area contributed by atoms with Crippen LogP contribution in [-0.2, 0) is 0 Å². The van der Waals surface area contributed by atoms with Crippen molar-refractivity contribution in [1.82, 2.24) is 0 Å². The minimum Gasteiger partial charge on any atom is -0.397 e. The first kappa shape index (κ1) is 17.1. The molecule has 0 amide bonds. The third-order valence-corrected chi connectivity index (χ3v) is 5.30. The number of hydrogen-bond donors (Lipinski definition) is 1. The van der Waals surface area contributed by atoms with E-state index in [9.17, 15) is 10.5 Å². The van der Waals surface area contributed by atoms with E-state index < -0.39 is 0 Å². The number of hydrogen-bond acceptors (Lipinski definition) is 3. The fourth-order valence-corrected chi connectivity index (χ4v) is 4.37. The SMILES string of the molecule is Cc1cc(C)c(C2=C(C#N)C(N)=C(C#N)C3=CCCCCC32)c(C)c1. The van der Waals surface area contributed by atoms with Crippen LogP contribution in [0.4, 0.5) is 0 Å². The summed E-state index contributed by atoms with van der Waals surface area (Å²) in [5.74, 6) is 0.0826. The lowest BCUT2D eigenvalue weighted by Crippen LogP contribution is -2.21. The normalized spacial score (nSPS) is 20.4. The average molecular weight is 329 g/mol. The molecule has 0 saturated carbocycles. The predicted octanol–water partition coefficient (Wildman–Crippen LogP) is 4.76. The van der Waals surface area contributed by atoms with E-state index in [0.29, 0.717) is 16.8 Å². The van der Waals surface area contributed by atoms with Crippen molar-refractivity contribution in [3.05, 3.63) is 62.9 Å². The van der Waals surface area contributed by atoms with Crippen LogP contribution in [-0.4, -0.2) is 0 Å². The van der Waals surface area contributed by atoms with Crippen LogP contribution in [0.1, 0.15) is 47.9 Å². The molecule has 2 N–H and O–H groups in total. The van der Waals surface area contributed by atoms with Gasteiger partial charge in [-0.2, -0.15) is 10.5 Å². The number of nitrogens with zero attached hydrogens (tertiary/aromatic N) is 2. The standard InChI is InChI=1S/C22H23N3/c1-13-9-14(2)20(15(3)10-13)21-17-8-6-4-5-7-16(17)18(11-23)22(25)19(21)12-24/h7,9-10,17H,4-6,8,25H2,1-3H3. The number of benzene rings is 1. The topological polar surface area (TPSA) is 73.6 Å². The summed E-state index contributed by atoms with van der Waals surface area (Å²) in [6.45, 7) is 6.28. The third-order valence-electron chi connectivity index (χ3n) is 5.30. The number of allylic oxidation sites excluding steroid dienone is 5. The van der Waals surface area contributed by atoms with E-state index in [0.717, 1.165) is 53.5 Å². The predicted molar refractivity (Wildman–Crippen MR) is 100 cm³/mol. The first-order chi connectivity index (χ1) is 12.0. The molecule has 126 valence electrons. The Bertz CT molecular complexity index is 891. The Kier molecular flexibility index (Phi) is 4.51. The van der Waals surface area contributed by atoms with Crippen molar-refractivity contribution in [2.45, 2.75) is 46.5 Å². The van der Waals surface area contributed by atoms with E-state index in [4.69, 9.17) is 5.73 Å². The van der Waals surface area contributed by atoms with Crippen LogP contribution >= 0.6 is 0 Å². The summed E-state index contributed by atoms with van der Waals surface area (Å²) in [6.07, 6.45) is 6.29. The Morgan fingerprint density at radius 2 is 1.64 bits per heavy atom. The molecule has 0 aromatic heterocycles. The molecule has 0 fully saturated rings. The van der Waals surface area contributed by atoms with Gasteiger partial charge in [0, 0.05) is 5.92 Å². The van der Waals surface area contributed by atoms with Gasteiger partial charge in [0.15, 0.2) is 0 Å². The van der Waals surface area contributed by atoms with Crippen molar-refractivity contribution in [3.8, 4) is 12.1 Å². The molecule has 1 aromatic rings. The van der Waals surface area contributed by atoms with Crippen molar-refractivity contribution < 1.29 is 0 Å². The van der Waals surface area contributed by atoms with E-state index in [1.54, 1.807) is 0 Å². The Morgan fingerprint density at radius 1 is 1.00 bits per heavy atom. The molecule has 2 aliphatic rings. The van der Waals surface area contributed by atoms with Crippen LogP contribution in [0.2, 0.25) is 0 Å². The Morgan fingerprint density at radius 3 is 2.24 bits per heavy atom. The van der Waals surface area contributed by atoms with Crippen molar-refractivity contribution in [2.24, 2.45) is 11.7 Å². The van der Waals surface area contributed by atoms with E-state index in [-0.39, 0.29) is 5.92 Å². The quantitative estimate of drug-likeness (QED) is 0.807. The molecule has 1 atom stereocenters. The summed E-state index contributed by atoms with van der Waals surface area (Å²) in [6, 6.07) is 8.88. The Hall–Kier alpha value is -2.78. The smallest absolute Gasteiger partial charge is 0.102 e. The molecular formula is C22H23N3. The lowest BCUT2D eigenvalue weighted by Gasteiger charge is -2.31. The van der Waals surface area contributed by atoms with Gasteiger partial charge < -0.3 is 5.73 Å². The van der Waals surface area contributed by atoms with Crippen LogP contribution in [0, 0.1) is 49.4 Å². The number of nitriles is 2. The second-order valence-corrected chi connectivity index (χ2v) is 7.07. The minimum atomic E-state index is 0.0826. The molecule has 0 saturated heterocycles. The monoisotopic (exact) mass is 329 g/mol. The molecule has 3 nitrogen and oxygen atoms in total. The summed E-state index contributed by atoms with van der Waals surface area (Å²) in [4.78, 5) is 0. The van der Waals surface area contributed by atoms with Gasteiger partial charge in [0.1, 0.15) is 12.1 Å². The molecule has 0 heterocycles. The van der Waals surface area contributed by atoms with Crippen LogP contribution < -0.4 is 5.73 Å². The zero-order valence-corrected chi connectivity index (χ0v) is 15.1. The van der Waals surface area contributed by atoms with E-state index in [2.05, 4.69) is 51.1 Å². The Labute approximate surface area is 149 Å². The van der Waals surface area contributed by atoms with Crippen LogP contribution in [0.15, 0.2) is 40.6 Å². The summed E-state index contributed by atoms with van der Waals surface area (Å²) < 4.78 is 0. The highest BCUT2D eigenvalue weighted by atomic mass is 14.6. The van der Waals surface area contributed by atoms with Crippen molar-refractivity contribution in [3.63, 3.8) is 0 Å². The highest BCUT2D eigenvalue weighted by molar-refractivity contribution is 5.86. The zero-order valence-electron chi connectivity index (χ0n) is 15.1. The number of rotatable bonds is 1. The third kappa shape index (κ3) is 2.77. The number of nitrogens with two attached hydrogens (primary N) is 1. The maximum absolute atomic E-state index is 9.85. The molecule has 0 spiro atoms. The van der Waals surface area contributed by atoms with Crippen molar-refractivity contribution in [1.29, 1.82) is 10.5 Å². The van der Waals surface area contributed by atoms with Gasteiger partial charge in [-0.3, -0.25) is 0 Å². The summed E-state index contributed by atoms with van der Waals surface area (Å²) in [7, 11) is 0. The number of aryl methyl sites for hydroxylation is 3. The van der Waals surface area contributed by atoms with Crippen LogP contribution in [0.3, 0.4) is 0 Å². The second-order valence-electron chi connectivity index (χ2n) is 7.07. The highest BCUT2D eigenvalue weighted by Crippen LogP contribution is 2.47. The molecule has 3 heteroatoms. The Balaban J connectivity index is 2.38. The molecule has 0 radical (unpaired) electrons. The largest absolute Gasteiger partial charge is 0.397 e. The summed E-state index contributed by atoms with van der Waals surface area (Å²) in [5, 5.41) is 19.5. The van der Waals surface area contributed by atoms with Gasteiger partial charge in [-0.25, -0.2) is 0 Å². The van der Waals surface area contributed by atoms with Gasteiger partial charge in [0.25, 0.3) is 0 Å². The van der Waals surface area contributed by atoms with E-state index in [1.807, 2.05) is 0 Å².